The van der Waals surface area contributed by atoms with Crippen molar-refractivity contribution < 1.29 is 9.59 Å². The van der Waals surface area contributed by atoms with Crippen LogP contribution in [0.25, 0.3) is 0 Å². The Morgan fingerprint density at radius 3 is 2.36 bits per heavy atom. The molecule has 0 aromatic rings. The molecule has 2 saturated heterocycles. The molecule has 0 saturated carbocycles. The molecule has 2 amide bonds. The monoisotopic (exact) mass is 352 g/mol. The summed E-state index contributed by atoms with van der Waals surface area (Å²) < 4.78 is 0. The van der Waals surface area contributed by atoms with Crippen LogP contribution in [-0.2, 0) is 9.59 Å². The van der Waals surface area contributed by atoms with Crippen molar-refractivity contribution in [2.24, 2.45) is 5.41 Å². The molecule has 6 nitrogen and oxygen atoms in total. The second kappa shape index (κ2) is 8.04. The molecule has 2 heterocycles. The number of nitrogens with one attached hydrogen (secondary N) is 2. The van der Waals surface area contributed by atoms with Crippen LogP contribution in [0.4, 0.5) is 0 Å². The molecule has 0 bridgehead atoms. The van der Waals surface area contributed by atoms with Crippen LogP contribution in [0.1, 0.15) is 53.9 Å². The number of hydrogen-bond acceptors (Lipinski definition) is 4. The number of hydrogen-bond donors (Lipinski definition) is 2. The van der Waals surface area contributed by atoms with E-state index < -0.39 is 0 Å². The van der Waals surface area contributed by atoms with Gasteiger partial charge in [0.2, 0.25) is 11.8 Å². The van der Waals surface area contributed by atoms with Gasteiger partial charge in [-0.05, 0) is 45.2 Å². The SMILES string of the molecule is CC(C)(C)CN1CCNC(=O)C1CC(=O)NC(C)(C)CN1CCCC1. The summed E-state index contributed by atoms with van der Waals surface area (Å²) in [6, 6.07) is -0.365. The molecule has 2 aliphatic rings. The minimum atomic E-state index is -0.365. The molecule has 2 aliphatic heterocycles. The van der Waals surface area contributed by atoms with Gasteiger partial charge in [0.25, 0.3) is 0 Å². The van der Waals surface area contributed by atoms with E-state index in [2.05, 4.69) is 55.1 Å². The van der Waals surface area contributed by atoms with Crippen LogP contribution >= 0.6 is 0 Å². The van der Waals surface area contributed by atoms with Gasteiger partial charge in [0, 0.05) is 31.7 Å². The number of nitrogens with zero attached hydrogens (tertiary/aromatic N) is 2. The molecule has 25 heavy (non-hydrogen) atoms. The number of likely N-dealkylation sites (tertiary alicyclic amines) is 1. The summed E-state index contributed by atoms with van der Waals surface area (Å²) in [5, 5.41) is 6.05. The van der Waals surface area contributed by atoms with Crippen molar-refractivity contribution in [3.8, 4) is 0 Å². The summed E-state index contributed by atoms with van der Waals surface area (Å²) in [5.74, 6) is -0.0619. The van der Waals surface area contributed by atoms with Gasteiger partial charge in [0.1, 0.15) is 0 Å². The van der Waals surface area contributed by atoms with Crippen LogP contribution in [-0.4, -0.2) is 72.5 Å². The molecule has 0 aromatic carbocycles. The van der Waals surface area contributed by atoms with Crippen molar-refractivity contribution >= 4 is 11.8 Å². The summed E-state index contributed by atoms with van der Waals surface area (Å²) >= 11 is 0. The maximum Gasteiger partial charge on any atom is 0.237 e. The summed E-state index contributed by atoms with van der Waals surface area (Å²) in [7, 11) is 0. The minimum absolute atomic E-state index is 0.0250. The third-order valence-electron chi connectivity index (χ3n) is 4.79. The Hall–Kier alpha value is -1.14. The molecule has 0 aromatic heterocycles. The molecule has 1 atom stereocenters. The number of carbonyl (C=O) groups excluding carboxylic acids is 2. The maximum absolute atomic E-state index is 12.6. The van der Waals surface area contributed by atoms with Crippen molar-refractivity contribution in [3.63, 3.8) is 0 Å². The molecule has 0 spiro atoms. The lowest BCUT2D eigenvalue weighted by atomic mass is 9.94. The van der Waals surface area contributed by atoms with Gasteiger partial charge in [0.05, 0.1) is 12.5 Å². The van der Waals surface area contributed by atoms with Gasteiger partial charge in [-0.2, -0.15) is 0 Å². The minimum Gasteiger partial charge on any atom is -0.353 e. The molecule has 1 unspecified atom stereocenters. The maximum atomic E-state index is 12.6. The van der Waals surface area contributed by atoms with E-state index in [1.54, 1.807) is 0 Å². The molecule has 2 N–H and O–H groups in total. The molecular formula is C19H36N4O2. The van der Waals surface area contributed by atoms with Crippen molar-refractivity contribution in [2.45, 2.75) is 65.5 Å². The Labute approximate surface area is 152 Å². The van der Waals surface area contributed by atoms with Gasteiger partial charge in [-0.1, -0.05) is 20.8 Å². The van der Waals surface area contributed by atoms with E-state index in [1.165, 1.54) is 12.8 Å². The lowest BCUT2D eigenvalue weighted by molar-refractivity contribution is -0.135. The van der Waals surface area contributed by atoms with Crippen LogP contribution in [0.2, 0.25) is 0 Å². The van der Waals surface area contributed by atoms with E-state index in [4.69, 9.17) is 0 Å². The third kappa shape index (κ3) is 6.59. The average Bonchev–Trinajstić information content (AvgIpc) is 2.92. The second-order valence-corrected chi connectivity index (χ2v) is 9.46. The average molecular weight is 353 g/mol. The topological polar surface area (TPSA) is 64.7 Å². The van der Waals surface area contributed by atoms with E-state index >= 15 is 0 Å². The molecule has 2 fully saturated rings. The predicted molar refractivity (Wildman–Crippen MR) is 100 cm³/mol. The largest absolute Gasteiger partial charge is 0.353 e. The van der Waals surface area contributed by atoms with Crippen LogP contribution in [0.5, 0.6) is 0 Å². The first-order valence-electron chi connectivity index (χ1n) is 9.61. The normalized spacial score (nSPS) is 23.6. The Kier molecular flexibility index (Phi) is 6.49. The zero-order valence-electron chi connectivity index (χ0n) is 16.7. The van der Waals surface area contributed by atoms with E-state index in [0.29, 0.717) is 6.54 Å². The number of piperazine rings is 1. The number of carbonyl (C=O) groups is 2. The molecule has 2 rings (SSSR count). The van der Waals surface area contributed by atoms with Crippen LogP contribution in [0.15, 0.2) is 0 Å². The number of amides is 2. The lowest BCUT2D eigenvalue weighted by Crippen LogP contribution is -2.59. The van der Waals surface area contributed by atoms with E-state index in [0.717, 1.165) is 32.7 Å². The summed E-state index contributed by atoms with van der Waals surface area (Å²) in [6.07, 6.45) is 2.72. The fourth-order valence-electron chi connectivity index (χ4n) is 3.93. The zero-order chi connectivity index (χ0) is 18.7. The van der Waals surface area contributed by atoms with Gasteiger partial charge in [-0.15, -0.1) is 0 Å². The highest BCUT2D eigenvalue weighted by molar-refractivity contribution is 5.89. The van der Waals surface area contributed by atoms with Crippen LogP contribution in [0, 0.1) is 5.41 Å². The molecular weight excluding hydrogens is 316 g/mol. The lowest BCUT2D eigenvalue weighted by Gasteiger charge is -2.39. The van der Waals surface area contributed by atoms with Crippen molar-refractivity contribution in [1.29, 1.82) is 0 Å². The Bertz CT molecular complexity index is 478. The molecule has 0 radical (unpaired) electrons. The van der Waals surface area contributed by atoms with Gasteiger partial charge in [-0.25, -0.2) is 0 Å². The van der Waals surface area contributed by atoms with Gasteiger partial charge in [0.15, 0.2) is 0 Å². The van der Waals surface area contributed by atoms with Gasteiger partial charge < -0.3 is 15.5 Å². The quantitative estimate of drug-likeness (QED) is 0.754. The molecule has 6 heteroatoms. The van der Waals surface area contributed by atoms with E-state index in [1.807, 2.05) is 0 Å². The second-order valence-electron chi connectivity index (χ2n) is 9.46. The van der Waals surface area contributed by atoms with Crippen LogP contribution < -0.4 is 10.6 Å². The molecule has 0 aliphatic carbocycles. The first-order chi connectivity index (χ1) is 11.6. The Morgan fingerprint density at radius 2 is 1.76 bits per heavy atom. The van der Waals surface area contributed by atoms with Crippen molar-refractivity contribution in [3.05, 3.63) is 0 Å². The van der Waals surface area contributed by atoms with Crippen molar-refractivity contribution in [2.75, 3.05) is 39.3 Å². The smallest absolute Gasteiger partial charge is 0.237 e. The van der Waals surface area contributed by atoms with Crippen LogP contribution in [0.3, 0.4) is 0 Å². The van der Waals surface area contributed by atoms with E-state index in [-0.39, 0.29) is 35.2 Å². The first-order valence-corrected chi connectivity index (χ1v) is 9.61. The standard InChI is InChI=1S/C19H36N4O2/c1-18(2,3)13-23-11-8-20-17(25)15(23)12-16(24)21-19(4,5)14-22-9-6-7-10-22/h15H,6-14H2,1-5H3,(H,20,25)(H,21,24). The summed E-state index contributed by atoms with van der Waals surface area (Å²) in [5.41, 5.74) is -0.178. The van der Waals surface area contributed by atoms with Crippen molar-refractivity contribution in [1.82, 2.24) is 20.4 Å². The Balaban J connectivity index is 1.92. The highest BCUT2D eigenvalue weighted by Gasteiger charge is 2.35. The molecule has 144 valence electrons. The summed E-state index contributed by atoms with van der Waals surface area (Å²) in [4.78, 5) is 29.5. The Morgan fingerprint density at radius 1 is 1.12 bits per heavy atom. The predicted octanol–water partition coefficient (Wildman–Crippen LogP) is 1.21. The van der Waals surface area contributed by atoms with Gasteiger partial charge in [-0.3, -0.25) is 14.5 Å². The highest BCUT2D eigenvalue weighted by Crippen LogP contribution is 2.20. The van der Waals surface area contributed by atoms with E-state index in [9.17, 15) is 9.59 Å². The number of rotatable bonds is 6. The summed E-state index contributed by atoms with van der Waals surface area (Å²) in [6.45, 7) is 16.0. The zero-order valence-corrected chi connectivity index (χ0v) is 16.7. The first kappa shape index (κ1) is 20.2. The highest BCUT2D eigenvalue weighted by atomic mass is 16.2. The van der Waals surface area contributed by atoms with Gasteiger partial charge >= 0.3 is 0 Å². The third-order valence-corrected chi connectivity index (χ3v) is 4.79. The fraction of sp³-hybridized carbons (Fsp3) is 0.895. The fourth-order valence-corrected chi connectivity index (χ4v) is 3.93.